The number of nitrogens with one attached hydrogen (secondary N) is 2. The van der Waals surface area contributed by atoms with E-state index >= 15 is 0 Å². The maximum Gasteiger partial charge on any atom is 0.411 e. The SMILES string of the molecule is CCOc1ccccc1-c1nc(CC(=O)Nc2cccc(NC(=O)OCC(C)C)c2)cs1. The van der Waals surface area contributed by atoms with Crippen molar-refractivity contribution in [3.8, 4) is 16.3 Å². The first-order chi connectivity index (χ1) is 15.4. The summed E-state index contributed by atoms with van der Waals surface area (Å²) < 4.78 is 10.8. The Hall–Kier alpha value is -3.39. The van der Waals surface area contributed by atoms with Crippen LogP contribution in [0, 0.1) is 5.92 Å². The van der Waals surface area contributed by atoms with Crippen molar-refractivity contribution < 1.29 is 19.1 Å². The van der Waals surface area contributed by atoms with Gasteiger partial charge in [0.25, 0.3) is 0 Å². The molecule has 0 unspecified atom stereocenters. The lowest BCUT2D eigenvalue weighted by atomic mass is 10.2. The van der Waals surface area contributed by atoms with Crippen LogP contribution in [0.25, 0.3) is 10.6 Å². The number of nitrogens with zero attached hydrogens (tertiary/aromatic N) is 1. The fourth-order valence-corrected chi connectivity index (χ4v) is 3.73. The zero-order valence-corrected chi connectivity index (χ0v) is 19.2. The first-order valence-electron chi connectivity index (χ1n) is 10.4. The van der Waals surface area contributed by atoms with Crippen molar-refractivity contribution in [1.82, 2.24) is 4.98 Å². The number of para-hydroxylation sites is 1. The topological polar surface area (TPSA) is 89.5 Å². The predicted octanol–water partition coefficient (Wildman–Crippen LogP) is 5.59. The molecule has 0 spiro atoms. The third-order valence-corrected chi connectivity index (χ3v) is 5.18. The number of amides is 2. The number of carbonyl (C=O) groups excluding carboxylic acids is 2. The molecule has 0 aliphatic rings. The summed E-state index contributed by atoms with van der Waals surface area (Å²) in [5, 5.41) is 8.19. The predicted molar refractivity (Wildman–Crippen MR) is 127 cm³/mol. The molecule has 1 aromatic heterocycles. The lowest BCUT2D eigenvalue weighted by Crippen LogP contribution is -2.17. The molecule has 0 radical (unpaired) electrons. The van der Waals surface area contributed by atoms with Crippen molar-refractivity contribution in [1.29, 1.82) is 0 Å². The molecule has 2 aromatic carbocycles. The third-order valence-electron chi connectivity index (χ3n) is 4.25. The van der Waals surface area contributed by atoms with Gasteiger partial charge in [-0.2, -0.15) is 0 Å². The van der Waals surface area contributed by atoms with E-state index in [0.29, 0.717) is 30.3 Å². The van der Waals surface area contributed by atoms with E-state index in [-0.39, 0.29) is 18.2 Å². The number of rotatable bonds is 9. The molecule has 2 N–H and O–H groups in total. The van der Waals surface area contributed by atoms with Crippen LogP contribution in [0.2, 0.25) is 0 Å². The van der Waals surface area contributed by atoms with Crippen molar-refractivity contribution in [2.75, 3.05) is 23.8 Å². The highest BCUT2D eigenvalue weighted by Gasteiger charge is 2.13. The van der Waals surface area contributed by atoms with Crippen LogP contribution in [0.3, 0.4) is 0 Å². The number of carbonyl (C=O) groups is 2. The van der Waals surface area contributed by atoms with Crippen LogP contribution in [0.4, 0.5) is 16.2 Å². The van der Waals surface area contributed by atoms with Gasteiger partial charge in [0.15, 0.2) is 0 Å². The minimum absolute atomic E-state index is 0.140. The van der Waals surface area contributed by atoms with Gasteiger partial charge in [0.2, 0.25) is 5.91 Å². The fraction of sp³-hybridized carbons (Fsp3) is 0.292. The monoisotopic (exact) mass is 453 g/mol. The van der Waals surface area contributed by atoms with Gasteiger partial charge >= 0.3 is 6.09 Å². The van der Waals surface area contributed by atoms with Gasteiger partial charge in [0.1, 0.15) is 10.8 Å². The van der Waals surface area contributed by atoms with Crippen molar-refractivity contribution in [3.05, 3.63) is 59.6 Å². The van der Waals surface area contributed by atoms with Gasteiger partial charge in [-0.25, -0.2) is 9.78 Å². The van der Waals surface area contributed by atoms with Gasteiger partial charge in [-0.3, -0.25) is 10.1 Å². The molecule has 32 heavy (non-hydrogen) atoms. The number of hydrogen-bond donors (Lipinski definition) is 2. The lowest BCUT2D eigenvalue weighted by molar-refractivity contribution is -0.115. The van der Waals surface area contributed by atoms with Gasteiger partial charge in [0, 0.05) is 16.8 Å². The summed E-state index contributed by atoms with van der Waals surface area (Å²) in [6, 6.07) is 14.6. The molecule has 8 heteroatoms. The van der Waals surface area contributed by atoms with E-state index in [1.807, 2.05) is 50.4 Å². The van der Waals surface area contributed by atoms with E-state index in [4.69, 9.17) is 9.47 Å². The second kappa shape index (κ2) is 11.3. The van der Waals surface area contributed by atoms with E-state index in [9.17, 15) is 9.59 Å². The van der Waals surface area contributed by atoms with Crippen molar-refractivity contribution in [2.45, 2.75) is 27.2 Å². The summed E-state index contributed by atoms with van der Waals surface area (Å²) in [7, 11) is 0. The zero-order valence-electron chi connectivity index (χ0n) is 18.4. The summed E-state index contributed by atoms with van der Waals surface area (Å²) in [6.07, 6.45) is -0.383. The molecule has 2 amide bonds. The summed E-state index contributed by atoms with van der Waals surface area (Å²) in [4.78, 5) is 29.0. The summed E-state index contributed by atoms with van der Waals surface area (Å²) >= 11 is 1.47. The number of thiazole rings is 1. The van der Waals surface area contributed by atoms with Gasteiger partial charge in [-0.05, 0) is 43.2 Å². The molecule has 3 aromatic rings. The smallest absolute Gasteiger partial charge is 0.411 e. The molecule has 0 atom stereocenters. The number of hydrogen-bond acceptors (Lipinski definition) is 6. The lowest BCUT2D eigenvalue weighted by Gasteiger charge is -2.10. The minimum atomic E-state index is -0.524. The quantitative estimate of drug-likeness (QED) is 0.440. The van der Waals surface area contributed by atoms with Crippen molar-refractivity contribution in [2.24, 2.45) is 5.92 Å². The highest BCUT2D eigenvalue weighted by atomic mass is 32.1. The summed E-state index contributed by atoms with van der Waals surface area (Å²) in [6.45, 7) is 6.78. The highest BCUT2D eigenvalue weighted by Crippen LogP contribution is 2.32. The molecule has 0 saturated heterocycles. The summed E-state index contributed by atoms with van der Waals surface area (Å²) in [5.41, 5.74) is 2.71. The molecule has 0 fully saturated rings. The van der Waals surface area contributed by atoms with Crippen LogP contribution < -0.4 is 15.4 Å². The second-order valence-corrected chi connectivity index (χ2v) is 8.35. The van der Waals surface area contributed by atoms with E-state index in [1.165, 1.54) is 11.3 Å². The fourth-order valence-electron chi connectivity index (χ4n) is 2.88. The highest BCUT2D eigenvalue weighted by molar-refractivity contribution is 7.13. The van der Waals surface area contributed by atoms with E-state index < -0.39 is 6.09 Å². The zero-order chi connectivity index (χ0) is 22.9. The van der Waals surface area contributed by atoms with Gasteiger partial charge in [-0.1, -0.05) is 32.0 Å². The Morgan fingerprint density at radius 3 is 2.56 bits per heavy atom. The Kier molecular flexibility index (Phi) is 8.21. The molecule has 0 aliphatic carbocycles. The van der Waals surface area contributed by atoms with E-state index in [1.54, 1.807) is 24.3 Å². The minimum Gasteiger partial charge on any atom is -0.493 e. The normalized spacial score (nSPS) is 10.6. The Bertz CT molecular complexity index is 1060. The molecule has 7 nitrogen and oxygen atoms in total. The molecule has 0 bridgehead atoms. The third kappa shape index (κ3) is 6.81. The standard InChI is InChI=1S/C24H27N3O4S/c1-4-30-21-11-6-5-10-20(21)23-26-19(15-32-23)13-22(28)25-17-8-7-9-18(12-17)27-24(29)31-14-16(2)3/h5-12,15-16H,4,13-14H2,1-3H3,(H,25,28)(H,27,29). The Balaban J connectivity index is 1.59. The molecule has 0 saturated carbocycles. The molecule has 3 rings (SSSR count). The molecular formula is C24H27N3O4S. The Labute approximate surface area is 191 Å². The van der Waals surface area contributed by atoms with E-state index in [0.717, 1.165) is 16.3 Å². The summed E-state index contributed by atoms with van der Waals surface area (Å²) in [5.74, 6) is 0.835. The maximum absolute atomic E-state index is 12.5. The second-order valence-electron chi connectivity index (χ2n) is 7.50. The first kappa shape index (κ1) is 23.3. The number of aromatic nitrogens is 1. The van der Waals surface area contributed by atoms with Gasteiger partial charge in [0.05, 0.1) is 30.9 Å². The first-order valence-corrected chi connectivity index (χ1v) is 11.3. The Morgan fingerprint density at radius 2 is 1.81 bits per heavy atom. The average Bonchev–Trinajstić information content (AvgIpc) is 3.21. The molecule has 1 heterocycles. The number of ether oxygens (including phenoxy) is 2. The van der Waals surface area contributed by atoms with Crippen LogP contribution >= 0.6 is 11.3 Å². The van der Waals surface area contributed by atoms with Crippen LogP contribution in [-0.4, -0.2) is 30.2 Å². The van der Waals surface area contributed by atoms with Crippen molar-refractivity contribution >= 4 is 34.7 Å². The van der Waals surface area contributed by atoms with Gasteiger partial charge < -0.3 is 14.8 Å². The van der Waals surface area contributed by atoms with E-state index in [2.05, 4.69) is 15.6 Å². The molecule has 0 aliphatic heterocycles. The largest absolute Gasteiger partial charge is 0.493 e. The van der Waals surface area contributed by atoms with Crippen LogP contribution in [0.5, 0.6) is 5.75 Å². The van der Waals surface area contributed by atoms with Crippen LogP contribution in [0.1, 0.15) is 26.5 Å². The van der Waals surface area contributed by atoms with Crippen LogP contribution in [-0.2, 0) is 16.0 Å². The average molecular weight is 454 g/mol. The molecule has 168 valence electrons. The molecular weight excluding hydrogens is 426 g/mol. The number of anilines is 2. The van der Waals surface area contributed by atoms with Gasteiger partial charge in [-0.15, -0.1) is 11.3 Å². The maximum atomic E-state index is 12.5. The Morgan fingerprint density at radius 1 is 1.06 bits per heavy atom. The number of benzene rings is 2. The van der Waals surface area contributed by atoms with Crippen molar-refractivity contribution in [3.63, 3.8) is 0 Å². The van der Waals surface area contributed by atoms with Crippen LogP contribution in [0.15, 0.2) is 53.9 Å².